The molecule has 4 rings (SSSR count). The molecule has 3 N–H and O–H groups in total. The minimum absolute atomic E-state index is 0.348. The Morgan fingerprint density at radius 1 is 0.917 bits per heavy atom. The quantitative estimate of drug-likeness (QED) is 0.294. The maximum absolute atomic E-state index is 12.5. The minimum Gasteiger partial charge on any atom is -0.492 e. The number of amides is 2. The van der Waals surface area contributed by atoms with Crippen LogP contribution in [0.3, 0.4) is 0 Å². The number of hydrogen-bond donors (Lipinski definition) is 3. The van der Waals surface area contributed by atoms with Crippen molar-refractivity contribution in [2.24, 2.45) is 5.41 Å². The number of anilines is 2. The molecule has 1 aliphatic carbocycles. The van der Waals surface area contributed by atoms with Crippen LogP contribution in [0.2, 0.25) is 0 Å². The third-order valence-corrected chi connectivity index (χ3v) is 6.77. The summed E-state index contributed by atoms with van der Waals surface area (Å²) < 4.78 is 5.55. The molecule has 3 aromatic carbocycles. The lowest BCUT2D eigenvalue weighted by Gasteiger charge is -2.25. The maximum atomic E-state index is 12.5. The van der Waals surface area contributed by atoms with E-state index in [0.717, 1.165) is 47.9 Å². The summed E-state index contributed by atoms with van der Waals surface area (Å²) in [6.07, 6.45) is 3.85. The van der Waals surface area contributed by atoms with Crippen molar-refractivity contribution < 1.29 is 19.4 Å². The standard InChI is InChI=1S/C30H32N2O4/c1-3-36-27-9-5-4-8-26(27)32-29(35)31-25-16-14-24(15-17-25)23-12-10-22(11-13-23)21(2)20-30(28(33)34)18-6-7-19-30/h4-5,8-17H,2-3,6-7,18-20H2,1H3,(H,33,34)(H2,31,32,35). The molecule has 1 saturated carbocycles. The summed E-state index contributed by atoms with van der Waals surface area (Å²) in [5, 5.41) is 15.4. The van der Waals surface area contributed by atoms with Gasteiger partial charge >= 0.3 is 12.0 Å². The lowest BCUT2D eigenvalue weighted by Crippen LogP contribution is -2.27. The number of carboxylic acid groups (broad SMARTS) is 1. The number of carboxylic acids is 1. The number of carbonyl (C=O) groups is 2. The zero-order valence-corrected chi connectivity index (χ0v) is 20.5. The van der Waals surface area contributed by atoms with Crippen LogP contribution in [0, 0.1) is 5.41 Å². The van der Waals surface area contributed by atoms with Crippen molar-refractivity contribution in [3.05, 3.63) is 84.9 Å². The summed E-state index contributed by atoms with van der Waals surface area (Å²) in [7, 11) is 0. The van der Waals surface area contributed by atoms with Crippen LogP contribution in [0.25, 0.3) is 16.7 Å². The number of para-hydroxylation sites is 2. The Morgan fingerprint density at radius 2 is 1.53 bits per heavy atom. The summed E-state index contributed by atoms with van der Waals surface area (Å²) >= 11 is 0. The van der Waals surface area contributed by atoms with E-state index in [9.17, 15) is 14.7 Å². The second-order valence-electron chi connectivity index (χ2n) is 9.24. The number of urea groups is 1. The Hall–Kier alpha value is -4.06. The lowest BCUT2D eigenvalue weighted by molar-refractivity contribution is -0.148. The van der Waals surface area contributed by atoms with Gasteiger partial charge in [-0.05, 0) is 72.7 Å². The monoisotopic (exact) mass is 484 g/mol. The molecule has 1 aliphatic rings. The summed E-state index contributed by atoms with van der Waals surface area (Å²) in [5.74, 6) is -0.0864. The molecular weight excluding hydrogens is 452 g/mol. The van der Waals surface area contributed by atoms with Gasteiger partial charge in [-0.25, -0.2) is 4.79 Å². The lowest BCUT2D eigenvalue weighted by atomic mass is 9.79. The number of carbonyl (C=O) groups excluding carboxylic acids is 1. The van der Waals surface area contributed by atoms with Crippen molar-refractivity contribution in [1.82, 2.24) is 0 Å². The first-order valence-electron chi connectivity index (χ1n) is 12.3. The van der Waals surface area contributed by atoms with Crippen LogP contribution in [0.1, 0.15) is 44.6 Å². The molecule has 186 valence electrons. The SMILES string of the molecule is C=C(CC1(C(=O)O)CCCC1)c1ccc(-c2ccc(NC(=O)Nc3ccccc3OCC)cc2)cc1. The fourth-order valence-electron chi connectivity index (χ4n) is 4.81. The third kappa shape index (κ3) is 5.77. The highest BCUT2D eigenvalue weighted by Gasteiger charge is 2.41. The van der Waals surface area contributed by atoms with Crippen LogP contribution in [-0.4, -0.2) is 23.7 Å². The molecule has 0 heterocycles. The van der Waals surface area contributed by atoms with Crippen molar-refractivity contribution in [3.8, 4) is 16.9 Å². The van der Waals surface area contributed by atoms with Crippen molar-refractivity contribution >= 4 is 28.9 Å². The minimum atomic E-state index is -0.710. The molecule has 0 radical (unpaired) electrons. The van der Waals surface area contributed by atoms with Crippen LogP contribution in [0.15, 0.2) is 79.4 Å². The van der Waals surface area contributed by atoms with E-state index < -0.39 is 11.4 Å². The molecule has 0 atom stereocenters. The van der Waals surface area contributed by atoms with Crippen LogP contribution in [-0.2, 0) is 4.79 Å². The highest BCUT2D eigenvalue weighted by Crippen LogP contribution is 2.45. The van der Waals surface area contributed by atoms with E-state index in [0.29, 0.717) is 30.2 Å². The molecule has 0 aliphatic heterocycles. The Morgan fingerprint density at radius 3 is 2.14 bits per heavy atom. The number of nitrogens with one attached hydrogen (secondary N) is 2. The number of rotatable bonds is 9. The second kappa shape index (κ2) is 11.1. The van der Waals surface area contributed by atoms with E-state index in [1.807, 2.05) is 73.7 Å². The van der Waals surface area contributed by atoms with E-state index in [1.165, 1.54) is 0 Å². The third-order valence-electron chi connectivity index (χ3n) is 6.77. The average molecular weight is 485 g/mol. The fourth-order valence-corrected chi connectivity index (χ4v) is 4.81. The Bertz CT molecular complexity index is 1230. The Balaban J connectivity index is 1.37. The Kier molecular flexibility index (Phi) is 7.74. The van der Waals surface area contributed by atoms with Gasteiger partial charge in [0.25, 0.3) is 0 Å². The smallest absolute Gasteiger partial charge is 0.323 e. The molecule has 0 bridgehead atoms. The van der Waals surface area contributed by atoms with Gasteiger partial charge in [0.1, 0.15) is 5.75 Å². The molecule has 6 nitrogen and oxygen atoms in total. The predicted molar refractivity (Wildman–Crippen MR) is 144 cm³/mol. The zero-order valence-electron chi connectivity index (χ0n) is 20.5. The second-order valence-corrected chi connectivity index (χ2v) is 9.24. The highest BCUT2D eigenvalue weighted by atomic mass is 16.5. The summed E-state index contributed by atoms with van der Waals surface area (Å²) in [6.45, 7) is 6.60. The normalized spacial score (nSPS) is 14.1. The van der Waals surface area contributed by atoms with Gasteiger partial charge in [-0.3, -0.25) is 4.79 Å². The molecule has 0 aromatic heterocycles. The van der Waals surface area contributed by atoms with Crippen molar-refractivity contribution in [2.75, 3.05) is 17.2 Å². The average Bonchev–Trinajstić information content (AvgIpc) is 3.36. The van der Waals surface area contributed by atoms with Gasteiger partial charge < -0.3 is 20.5 Å². The number of hydrogen-bond acceptors (Lipinski definition) is 3. The highest BCUT2D eigenvalue weighted by molar-refractivity contribution is 6.00. The van der Waals surface area contributed by atoms with Crippen LogP contribution >= 0.6 is 0 Å². The maximum Gasteiger partial charge on any atom is 0.323 e. The summed E-state index contributed by atoms with van der Waals surface area (Å²) in [4.78, 5) is 24.3. The zero-order chi connectivity index (χ0) is 25.5. The van der Waals surface area contributed by atoms with Gasteiger partial charge in [0.15, 0.2) is 0 Å². The molecule has 2 amide bonds. The molecule has 6 heteroatoms. The van der Waals surface area contributed by atoms with Crippen molar-refractivity contribution in [2.45, 2.75) is 39.0 Å². The molecule has 36 heavy (non-hydrogen) atoms. The molecule has 0 saturated heterocycles. The summed E-state index contributed by atoms with van der Waals surface area (Å²) in [6, 6.07) is 22.6. The van der Waals surface area contributed by atoms with E-state index in [1.54, 1.807) is 6.07 Å². The first-order valence-corrected chi connectivity index (χ1v) is 12.3. The molecule has 1 fully saturated rings. The topological polar surface area (TPSA) is 87.7 Å². The van der Waals surface area contributed by atoms with Crippen molar-refractivity contribution in [3.63, 3.8) is 0 Å². The van der Waals surface area contributed by atoms with E-state index in [2.05, 4.69) is 17.2 Å². The van der Waals surface area contributed by atoms with E-state index >= 15 is 0 Å². The number of ether oxygens (including phenoxy) is 1. The number of aliphatic carboxylic acids is 1. The van der Waals surface area contributed by atoms with Crippen LogP contribution in [0.4, 0.5) is 16.2 Å². The molecular formula is C30H32N2O4. The fraction of sp³-hybridized carbons (Fsp3) is 0.267. The van der Waals surface area contributed by atoms with Gasteiger partial charge in [-0.15, -0.1) is 0 Å². The first kappa shape index (κ1) is 25.0. The van der Waals surface area contributed by atoms with Crippen molar-refractivity contribution in [1.29, 1.82) is 0 Å². The predicted octanol–water partition coefficient (Wildman–Crippen LogP) is 7.44. The molecule has 0 unspecified atom stereocenters. The van der Waals surface area contributed by atoms with Gasteiger partial charge in [-0.1, -0.05) is 68.0 Å². The van der Waals surface area contributed by atoms with Gasteiger partial charge in [0, 0.05) is 5.69 Å². The van der Waals surface area contributed by atoms with E-state index in [-0.39, 0.29) is 6.03 Å². The van der Waals surface area contributed by atoms with Gasteiger partial charge in [0.05, 0.1) is 17.7 Å². The van der Waals surface area contributed by atoms with Crippen LogP contribution in [0.5, 0.6) is 5.75 Å². The summed E-state index contributed by atoms with van der Waals surface area (Å²) in [5.41, 5.74) is 4.48. The molecule has 0 spiro atoms. The number of allylic oxidation sites excluding steroid dienone is 1. The Labute approximate surface area is 212 Å². The largest absolute Gasteiger partial charge is 0.492 e. The molecule has 3 aromatic rings. The number of benzene rings is 3. The van der Waals surface area contributed by atoms with Gasteiger partial charge in [0.2, 0.25) is 0 Å². The van der Waals surface area contributed by atoms with Crippen LogP contribution < -0.4 is 15.4 Å². The first-order chi connectivity index (χ1) is 17.4. The van der Waals surface area contributed by atoms with E-state index in [4.69, 9.17) is 4.74 Å². The van der Waals surface area contributed by atoms with Gasteiger partial charge in [-0.2, -0.15) is 0 Å².